The summed E-state index contributed by atoms with van der Waals surface area (Å²) in [5.74, 6) is -0.328. The van der Waals surface area contributed by atoms with Gasteiger partial charge in [-0.15, -0.1) is 0 Å². The van der Waals surface area contributed by atoms with Gasteiger partial charge in [-0.1, -0.05) is 27.2 Å². The largest absolute Gasteiger partial charge is 0.480 e. The van der Waals surface area contributed by atoms with Gasteiger partial charge in [0, 0.05) is 0 Å². The van der Waals surface area contributed by atoms with E-state index < -0.39 is 12.0 Å². The van der Waals surface area contributed by atoms with E-state index in [1.165, 1.54) is 0 Å². The van der Waals surface area contributed by atoms with E-state index in [0.29, 0.717) is 12.3 Å². The van der Waals surface area contributed by atoms with Gasteiger partial charge in [0.1, 0.15) is 6.04 Å². The number of carboxylic acid groups (broad SMARTS) is 1. The Hall–Kier alpha value is -1.10. The molecule has 0 aromatic rings. The number of piperidine rings is 1. The molecule has 1 amide bonds. The predicted octanol–water partition coefficient (Wildman–Crippen LogP) is 1.38. The Balaban J connectivity index is 2.53. The van der Waals surface area contributed by atoms with Gasteiger partial charge in [0.05, 0.1) is 6.04 Å². The van der Waals surface area contributed by atoms with Gasteiger partial charge >= 0.3 is 5.97 Å². The summed E-state index contributed by atoms with van der Waals surface area (Å²) in [6.45, 7) is 6.87. The van der Waals surface area contributed by atoms with Crippen molar-refractivity contribution in [3.8, 4) is 0 Å². The van der Waals surface area contributed by atoms with Gasteiger partial charge in [-0.05, 0) is 37.6 Å². The lowest BCUT2D eigenvalue weighted by Gasteiger charge is -2.30. The standard InChI is InChI=1S/C14H26N2O3/c1-4-10-5-6-15-11(8-10)13(17)16-12(14(18)19)7-9(2)3/h9-12,15H,4-8H2,1-3H3,(H,16,17)(H,18,19). The lowest BCUT2D eigenvalue weighted by atomic mass is 9.90. The van der Waals surface area contributed by atoms with Crippen LogP contribution in [0.15, 0.2) is 0 Å². The summed E-state index contributed by atoms with van der Waals surface area (Å²) < 4.78 is 0. The number of carbonyl (C=O) groups is 2. The number of hydrogen-bond acceptors (Lipinski definition) is 3. The first-order valence-electron chi connectivity index (χ1n) is 7.20. The molecule has 0 spiro atoms. The van der Waals surface area contributed by atoms with E-state index in [1.807, 2.05) is 13.8 Å². The fourth-order valence-corrected chi connectivity index (χ4v) is 2.53. The molecule has 110 valence electrons. The van der Waals surface area contributed by atoms with Crippen LogP contribution in [0.2, 0.25) is 0 Å². The van der Waals surface area contributed by atoms with Crippen LogP contribution in [0.3, 0.4) is 0 Å². The smallest absolute Gasteiger partial charge is 0.326 e. The van der Waals surface area contributed by atoms with E-state index in [2.05, 4.69) is 17.6 Å². The molecule has 1 saturated heterocycles. The lowest BCUT2D eigenvalue weighted by molar-refractivity contribution is -0.142. The second kappa shape index (κ2) is 7.48. The fourth-order valence-electron chi connectivity index (χ4n) is 2.53. The highest BCUT2D eigenvalue weighted by atomic mass is 16.4. The number of nitrogens with one attached hydrogen (secondary N) is 2. The summed E-state index contributed by atoms with van der Waals surface area (Å²) in [5.41, 5.74) is 0. The lowest BCUT2D eigenvalue weighted by Crippen LogP contribution is -2.53. The molecule has 1 aliphatic rings. The van der Waals surface area contributed by atoms with E-state index in [0.717, 1.165) is 25.8 Å². The van der Waals surface area contributed by atoms with Crippen LogP contribution in [0.1, 0.15) is 46.5 Å². The highest BCUT2D eigenvalue weighted by Gasteiger charge is 2.29. The fraction of sp³-hybridized carbons (Fsp3) is 0.857. The summed E-state index contributed by atoms with van der Waals surface area (Å²) in [7, 11) is 0. The van der Waals surface area contributed by atoms with Gasteiger partial charge in [0.2, 0.25) is 5.91 Å². The van der Waals surface area contributed by atoms with Crippen molar-refractivity contribution in [1.82, 2.24) is 10.6 Å². The molecule has 1 fully saturated rings. The maximum absolute atomic E-state index is 12.1. The van der Waals surface area contributed by atoms with Crippen molar-refractivity contribution < 1.29 is 14.7 Å². The topological polar surface area (TPSA) is 78.4 Å². The zero-order valence-corrected chi connectivity index (χ0v) is 12.1. The molecule has 1 heterocycles. The molecule has 3 N–H and O–H groups in total. The quantitative estimate of drug-likeness (QED) is 0.681. The van der Waals surface area contributed by atoms with Gasteiger partial charge in [-0.3, -0.25) is 4.79 Å². The van der Waals surface area contributed by atoms with Crippen molar-refractivity contribution in [1.29, 1.82) is 0 Å². The van der Waals surface area contributed by atoms with E-state index in [4.69, 9.17) is 5.11 Å². The minimum absolute atomic E-state index is 0.175. The SMILES string of the molecule is CCC1CCNC(C(=O)NC(CC(C)C)C(=O)O)C1. The Labute approximate surface area is 115 Å². The second-order valence-electron chi connectivity index (χ2n) is 5.83. The minimum Gasteiger partial charge on any atom is -0.480 e. The molecule has 3 atom stereocenters. The summed E-state index contributed by atoms with van der Waals surface area (Å²) in [5, 5.41) is 15.0. The number of aliphatic carboxylic acids is 1. The molecule has 1 aliphatic heterocycles. The number of hydrogen-bond donors (Lipinski definition) is 3. The van der Waals surface area contributed by atoms with Crippen molar-refractivity contribution in [2.24, 2.45) is 11.8 Å². The van der Waals surface area contributed by atoms with Crippen LogP contribution in [0, 0.1) is 11.8 Å². The molecule has 0 aliphatic carbocycles. The number of rotatable bonds is 6. The van der Waals surface area contributed by atoms with Crippen molar-refractivity contribution in [3.63, 3.8) is 0 Å². The van der Waals surface area contributed by atoms with Crippen molar-refractivity contribution in [2.75, 3.05) is 6.54 Å². The van der Waals surface area contributed by atoms with Crippen molar-refractivity contribution >= 4 is 11.9 Å². The van der Waals surface area contributed by atoms with Gasteiger partial charge in [-0.25, -0.2) is 4.79 Å². The molecular formula is C14H26N2O3. The Morgan fingerprint density at radius 2 is 2.11 bits per heavy atom. The Bertz CT molecular complexity index is 318. The summed E-state index contributed by atoms with van der Waals surface area (Å²) in [4.78, 5) is 23.3. The summed E-state index contributed by atoms with van der Waals surface area (Å²) >= 11 is 0. The Kier molecular flexibility index (Phi) is 6.28. The molecule has 3 unspecified atom stereocenters. The maximum Gasteiger partial charge on any atom is 0.326 e. The molecule has 5 nitrogen and oxygen atoms in total. The number of carbonyl (C=O) groups excluding carboxylic acids is 1. The van der Waals surface area contributed by atoms with E-state index in [9.17, 15) is 9.59 Å². The molecule has 19 heavy (non-hydrogen) atoms. The summed E-state index contributed by atoms with van der Waals surface area (Å²) in [6, 6.07) is -1.02. The Morgan fingerprint density at radius 1 is 1.42 bits per heavy atom. The van der Waals surface area contributed by atoms with Crippen molar-refractivity contribution in [2.45, 2.75) is 58.5 Å². The molecule has 0 aromatic carbocycles. The van der Waals surface area contributed by atoms with E-state index in [-0.39, 0.29) is 17.9 Å². The monoisotopic (exact) mass is 270 g/mol. The van der Waals surface area contributed by atoms with Crippen LogP contribution < -0.4 is 10.6 Å². The first kappa shape index (κ1) is 16.0. The molecule has 1 rings (SSSR count). The molecule has 0 bridgehead atoms. The van der Waals surface area contributed by atoms with Gasteiger partial charge in [0.25, 0.3) is 0 Å². The van der Waals surface area contributed by atoms with Crippen molar-refractivity contribution in [3.05, 3.63) is 0 Å². The Morgan fingerprint density at radius 3 is 2.63 bits per heavy atom. The highest BCUT2D eigenvalue weighted by molar-refractivity contribution is 5.87. The average Bonchev–Trinajstić information content (AvgIpc) is 2.37. The van der Waals surface area contributed by atoms with Crippen LogP contribution in [0.4, 0.5) is 0 Å². The third kappa shape index (κ3) is 5.19. The molecule has 0 radical (unpaired) electrons. The van der Waals surface area contributed by atoms with Gasteiger partial charge in [0.15, 0.2) is 0 Å². The van der Waals surface area contributed by atoms with Crippen LogP contribution in [0.25, 0.3) is 0 Å². The second-order valence-corrected chi connectivity index (χ2v) is 5.83. The first-order valence-corrected chi connectivity index (χ1v) is 7.20. The molecule has 5 heteroatoms. The maximum atomic E-state index is 12.1. The van der Waals surface area contributed by atoms with E-state index >= 15 is 0 Å². The van der Waals surface area contributed by atoms with Gasteiger partial charge in [-0.2, -0.15) is 0 Å². The average molecular weight is 270 g/mol. The minimum atomic E-state index is -0.954. The molecule has 0 aromatic heterocycles. The third-order valence-corrected chi connectivity index (χ3v) is 3.73. The zero-order chi connectivity index (χ0) is 14.4. The molecular weight excluding hydrogens is 244 g/mol. The summed E-state index contributed by atoms with van der Waals surface area (Å²) in [6.07, 6.45) is 3.43. The number of amides is 1. The van der Waals surface area contributed by atoms with Crippen LogP contribution in [-0.4, -0.2) is 35.6 Å². The van der Waals surface area contributed by atoms with Crippen LogP contribution in [-0.2, 0) is 9.59 Å². The predicted molar refractivity (Wildman–Crippen MR) is 73.8 cm³/mol. The van der Waals surface area contributed by atoms with Gasteiger partial charge < -0.3 is 15.7 Å². The first-order chi connectivity index (χ1) is 8.93. The molecule has 0 saturated carbocycles. The third-order valence-electron chi connectivity index (χ3n) is 3.73. The normalized spacial score (nSPS) is 25.1. The zero-order valence-electron chi connectivity index (χ0n) is 12.1. The number of carboxylic acids is 1. The van der Waals surface area contributed by atoms with Crippen LogP contribution >= 0.6 is 0 Å². The van der Waals surface area contributed by atoms with Crippen LogP contribution in [0.5, 0.6) is 0 Å². The highest BCUT2D eigenvalue weighted by Crippen LogP contribution is 2.19. The van der Waals surface area contributed by atoms with E-state index in [1.54, 1.807) is 0 Å².